The number of carbonyl (C=O) groups excluding carboxylic acids is 1. The van der Waals surface area contributed by atoms with Crippen molar-refractivity contribution in [2.24, 2.45) is 0 Å². The summed E-state index contributed by atoms with van der Waals surface area (Å²) in [6.45, 7) is 0.511. The second-order valence-electron chi connectivity index (χ2n) is 4.77. The average molecular weight is 299 g/mol. The molecule has 0 aromatic heterocycles. The molecule has 3 nitrogen and oxygen atoms in total. The molecule has 0 atom stereocenters. The van der Waals surface area contributed by atoms with Gasteiger partial charge in [0.2, 0.25) is 5.91 Å². The van der Waals surface area contributed by atoms with Crippen LogP contribution in [0.2, 0.25) is 0 Å². The summed E-state index contributed by atoms with van der Waals surface area (Å²) in [7, 11) is 1.61. The monoisotopic (exact) mass is 299 g/mol. The van der Waals surface area contributed by atoms with Crippen molar-refractivity contribution in [3.63, 3.8) is 0 Å². The number of halogens is 1. The molecule has 0 radical (unpaired) electrons. The van der Waals surface area contributed by atoms with Gasteiger partial charge in [0.15, 0.2) is 0 Å². The van der Waals surface area contributed by atoms with Crippen LogP contribution < -0.4 is 10.1 Å². The molecule has 0 saturated heterocycles. The standard InChI is InChI=1S/C18H18FNO2/c1-22-17-9-4-14(5-10-17)6-11-18(21)20-13-12-15-2-7-16(19)8-3-15/h2-11H,12-13H2,1H3,(H,20,21)/b11-6-. The summed E-state index contributed by atoms with van der Waals surface area (Å²) in [5.74, 6) is 0.369. The summed E-state index contributed by atoms with van der Waals surface area (Å²) in [5.41, 5.74) is 1.91. The van der Waals surface area contributed by atoms with Gasteiger partial charge in [-0.1, -0.05) is 24.3 Å². The van der Waals surface area contributed by atoms with E-state index in [0.717, 1.165) is 16.9 Å². The highest BCUT2D eigenvalue weighted by Gasteiger charge is 1.97. The van der Waals surface area contributed by atoms with Gasteiger partial charge in [-0.2, -0.15) is 0 Å². The molecule has 0 bridgehead atoms. The van der Waals surface area contributed by atoms with Crippen LogP contribution in [0.5, 0.6) is 5.75 Å². The summed E-state index contributed by atoms with van der Waals surface area (Å²) >= 11 is 0. The molecule has 22 heavy (non-hydrogen) atoms. The van der Waals surface area contributed by atoms with E-state index in [9.17, 15) is 9.18 Å². The Bertz CT molecular complexity index is 633. The number of methoxy groups -OCH3 is 1. The minimum absolute atomic E-state index is 0.155. The number of amides is 1. The molecule has 0 aliphatic rings. The first-order chi connectivity index (χ1) is 10.7. The van der Waals surface area contributed by atoms with Gasteiger partial charge in [-0.15, -0.1) is 0 Å². The number of hydrogen-bond donors (Lipinski definition) is 1. The molecule has 0 fully saturated rings. The van der Waals surface area contributed by atoms with Crippen LogP contribution >= 0.6 is 0 Å². The maximum atomic E-state index is 12.8. The highest BCUT2D eigenvalue weighted by Crippen LogP contribution is 2.12. The first-order valence-electron chi connectivity index (χ1n) is 7.02. The number of carbonyl (C=O) groups is 1. The zero-order valence-corrected chi connectivity index (χ0v) is 12.4. The summed E-state index contributed by atoms with van der Waals surface area (Å²) < 4.78 is 17.8. The van der Waals surface area contributed by atoms with Crippen LogP contribution in [0.25, 0.3) is 6.08 Å². The molecule has 0 heterocycles. The molecule has 2 rings (SSSR count). The molecule has 0 spiro atoms. The van der Waals surface area contributed by atoms with Gasteiger partial charge < -0.3 is 10.1 Å². The van der Waals surface area contributed by atoms with E-state index in [4.69, 9.17) is 4.74 Å². The van der Waals surface area contributed by atoms with Crippen LogP contribution in [0.1, 0.15) is 11.1 Å². The van der Waals surface area contributed by atoms with Crippen LogP contribution in [-0.2, 0) is 11.2 Å². The molecule has 114 valence electrons. The average Bonchev–Trinajstić information content (AvgIpc) is 2.55. The Labute approximate surface area is 129 Å². The van der Waals surface area contributed by atoms with Gasteiger partial charge >= 0.3 is 0 Å². The van der Waals surface area contributed by atoms with Crippen molar-refractivity contribution in [2.75, 3.05) is 13.7 Å². The fourth-order valence-electron chi connectivity index (χ4n) is 1.93. The third-order valence-corrected chi connectivity index (χ3v) is 3.17. The first kappa shape index (κ1) is 15.8. The Hall–Kier alpha value is -2.62. The maximum Gasteiger partial charge on any atom is 0.244 e. The zero-order chi connectivity index (χ0) is 15.8. The zero-order valence-electron chi connectivity index (χ0n) is 12.4. The lowest BCUT2D eigenvalue weighted by Gasteiger charge is -2.03. The Morgan fingerprint density at radius 3 is 2.45 bits per heavy atom. The summed E-state index contributed by atoms with van der Waals surface area (Å²) in [6.07, 6.45) is 3.90. The third kappa shape index (κ3) is 5.05. The number of nitrogens with one attached hydrogen (secondary N) is 1. The number of hydrogen-bond acceptors (Lipinski definition) is 2. The van der Waals surface area contributed by atoms with Crippen LogP contribution in [0, 0.1) is 5.82 Å². The molecule has 0 saturated carbocycles. The van der Waals surface area contributed by atoms with Gasteiger partial charge in [0.1, 0.15) is 11.6 Å². The molecule has 4 heteroatoms. The molecule has 0 aliphatic carbocycles. The Morgan fingerprint density at radius 2 is 1.82 bits per heavy atom. The summed E-state index contributed by atoms with van der Waals surface area (Å²) in [6, 6.07) is 13.7. The molecular weight excluding hydrogens is 281 g/mol. The number of ether oxygens (including phenoxy) is 1. The molecule has 2 aromatic rings. The fourth-order valence-corrected chi connectivity index (χ4v) is 1.93. The largest absolute Gasteiger partial charge is 0.497 e. The van der Waals surface area contributed by atoms with Crippen LogP contribution in [0.3, 0.4) is 0 Å². The highest BCUT2D eigenvalue weighted by atomic mass is 19.1. The van der Waals surface area contributed by atoms with E-state index >= 15 is 0 Å². The molecule has 0 unspecified atom stereocenters. The molecule has 1 N–H and O–H groups in total. The Balaban J connectivity index is 1.77. The van der Waals surface area contributed by atoms with Crippen LogP contribution in [-0.4, -0.2) is 19.6 Å². The van der Waals surface area contributed by atoms with Gasteiger partial charge in [0.05, 0.1) is 7.11 Å². The lowest BCUT2D eigenvalue weighted by molar-refractivity contribution is -0.116. The topological polar surface area (TPSA) is 38.3 Å². The summed E-state index contributed by atoms with van der Waals surface area (Å²) in [5, 5.41) is 2.79. The Kier molecular flexibility index (Phi) is 5.72. The second-order valence-corrected chi connectivity index (χ2v) is 4.77. The maximum absolute atomic E-state index is 12.8. The Morgan fingerprint density at radius 1 is 1.14 bits per heavy atom. The van der Waals surface area contributed by atoms with Crippen molar-refractivity contribution in [1.29, 1.82) is 0 Å². The van der Waals surface area contributed by atoms with Crippen LogP contribution in [0.15, 0.2) is 54.6 Å². The van der Waals surface area contributed by atoms with E-state index < -0.39 is 0 Å². The minimum Gasteiger partial charge on any atom is -0.497 e. The van der Waals surface area contributed by atoms with E-state index in [-0.39, 0.29) is 11.7 Å². The molecule has 1 amide bonds. The predicted octanol–water partition coefficient (Wildman–Crippen LogP) is 3.21. The van der Waals surface area contributed by atoms with Gasteiger partial charge in [0, 0.05) is 12.6 Å². The van der Waals surface area contributed by atoms with Gasteiger partial charge in [-0.25, -0.2) is 4.39 Å². The predicted molar refractivity (Wildman–Crippen MR) is 85.1 cm³/mol. The molecule has 0 aliphatic heterocycles. The molecular formula is C18H18FNO2. The SMILES string of the molecule is COc1ccc(/C=C\C(=O)NCCc2ccc(F)cc2)cc1. The summed E-state index contributed by atoms with van der Waals surface area (Å²) in [4.78, 5) is 11.7. The molecule has 2 aromatic carbocycles. The van der Waals surface area contributed by atoms with Crippen molar-refractivity contribution in [3.05, 3.63) is 71.6 Å². The number of rotatable bonds is 6. The van der Waals surface area contributed by atoms with E-state index in [0.29, 0.717) is 13.0 Å². The van der Waals surface area contributed by atoms with E-state index in [2.05, 4.69) is 5.32 Å². The van der Waals surface area contributed by atoms with Gasteiger partial charge in [-0.3, -0.25) is 4.79 Å². The quantitative estimate of drug-likeness (QED) is 0.832. The number of benzene rings is 2. The van der Waals surface area contributed by atoms with E-state index in [1.165, 1.54) is 18.2 Å². The van der Waals surface area contributed by atoms with Gasteiger partial charge in [-0.05, 0) is 47.9 Å². The van der Waals surface area contributed by atoms with E-state index in [1.807, 2.05) is 24.3 Å². The highest BCUT2D eigenvalue weighted by molar-refractivity contribution is 5.91. The van der Waals surface area contributed by atoms with E-state index in [1.54, 1.807) is 25.3 Å². The van der Waals surface area contributed by atoms with Crippen LogP contribution in [0.4, 0.5) is 4.39 Å². The van der Waals surface area contributed by atoms with Crippen molar-refractivity contribution in [2.45, 2.75) is 6.42 Å². The van der Waals surface area contributed by atoms with Crippen molar-refractivity contribution < 1.29 is 13.9 Å². The lowest BCUT2D eigenvalue weighted by atomic mass is 10.1. The minimum atomic E-state index is -0.254. The third-order valence-electron chi connectivity index (χ3n) is 3.17. The van der Waals surface area contributed by atoms with Crippen molar-refractivity contribution in [3.8, 4) is 5.75 Å². The van der Waals surface area contributed by atoms with Crippen molar-refractivity contribution >= 4 is 12.0 Å². The van der Waals surface area contributed by atoms with Gasteiger partial charge in [0.25, 0.3) is 0 Å². The first-order valence-corrected chi connectivity index (χ1v) is 7.02. The second kappa shape index (κ2) is 7.98. The van der Waals surface area contributed by atoms with Crippen molar-refractivity contribution in [1.82, 2.24) is 5.32 Å². The fraction of sp³-hybridized carbons (Fsp3) is 0.167. The normalized spacial score (nSPS) is 10.6. The smallest absolute Gasteiger partial charge is 0.244 e. The lowest BCUT2D eigenvalue weighted by Crippen LogP contribution is -2.23.